The number of benzene rings is 2. The van der Waals surface area contributed by atoms with Gasteiger partial charge in [-0.1, -0.05) is 42.5 Å². The van der Waals surface area contributed by atoms with Crippen LogP contribution in [0.5, 0.6) is 0 Å². The number of nitrogens with zero attached hydrogens (tertiary/aromatic N) is 2. The molecule has 2 aliphatic heterocycles. The molecule has 0 aromatic heterocycles. The zero-order valence-electron chi connectivity index (χ0n) is 18.6. The molecule has 2 fully saturated rings. The molecule has 1 atom stereocenters. The molecule has 2 N–H and O–H groups in total. The van der Waals surface area contributed by atoms with Crippen LogP contribution in [0.25, 0.3) is 0 Å². The Morgan fingerprint density at radius 1 is 1.10 bits per heavy atom. The summed E-state index contributed by atoms with van der Waals surface area (Å²) < 4.78 is 5.70. The first-order valence-electron chi connectivity index (χ1n) is 11.1. The highest BCUT2D eigenvalue weighted by Crippen LogP contribution is 2.36. The lowest BCUT2D eigenvalue weighted by molar-refractivity contribution is 0.0511. The molecule has 1 unspecified atom stereocenters. The van der Waals surface area contributed by atoms with E-state index in [1.54, 1.807) is 0 Å². The van der Waals surface area contributed by atoms with Gasteiger partial charge in [-0.2, -0.15) is 0 Å². The van der Waals surface area contributed by atoms with E-state index in [2.05, 4.69) is 82.0 Å². The van der Waals surface area contributed by atoms with Crippen molar-refractivity contribution in [3.63, 3.8) is 0 Å². The maximum atomic E-state index is 5.70. The van der Waals surface area contributed by atoms with Gasteiger partial charge in [0, 0.05) is 57.0 Å². The minimum Gasteiger partial charge on any atom is -0.381 e. The molecule has 2 saturated heterocycles. The maximum absolute atomic E-state index is 5.70. The second kappa shape index (κ2) is 11.2. The predicted molar refractivity (Wildman–Crippen MR) is 140 cm³/mol. The normalized spacial score (nSPS) is 20.8. The molecule has 0 saturated carbocycles. The molecule has 4 rings (SSSR count). The molecular formula is C25H35IN4O. The van der Waals surface area contributed by atoms with Gasteiger partial charge in [0.2, 0.25) is 0 Å². The van der Waals surface area contributed by atoms with Gasteiger partial charge in [0.1, 0.15) is 0 Å². The van der Waals surface area contributed by atoms with Crippen molar-refractivity contribution in [2.45, 2.75) is 37.6 Å². The fourth-order valence-corrected chi connectivity index (χ4v) is 4.86. The van der Waals surface area contributed by atoms with Gasteiger partial charge in [-0.05, 0) is 49.4 Å². The summed E-state index contributed by atoms with van der Waals surface area (Å²) in [4.78, 5) is 6.97. The fourth-order valence-electron chi connectivity index (χ4n) is 4.86. The summed E-state index contributed by atoms with van der Waals surface area (Å²) in [5.74, 6) is 0.898. The topological polar surface area (TPSA) is 48.9 Å². The smallest absolute Gasteiger partial charge is 0.191 e. The Morgan fingerprint density at radius 3 is 2.52 bits per heavy atom. The van der Waals surface area contributed by atoms with Gasteiger partial charge in [0.25, 0.3) is 0 Å². The van der Waals surface area contributed by atoms with Crippen LogP contribution in [-0.2, 0) is 10.2 Å². The summed E-state index contributed by atoms with van der Waals surface area (Å²) in [6.07, 6.45) is 3.19. The third-order valence-corrected chi connectivity index (χ3v) is 6.63. The molecule has 2 aromatic rings. The summed E-state index contributed by atoms with van der Waals surface area (Å²) in [6.45, 7) is 6.80. The molecule has 2 aliphatic rings. The van der Waals surface area contributed by atoms with Crippen LogP contribution < -0.4 is 15.5 Å². The monoisotopic (exact) mass is 534 g/mol. The van der Waals surface area contributed by atoms with Crippen LogP contribution in [0.4, 0.5) is 5.69 Å². The van der Waals surface area contributed by atoms with Crippen LogP contribution in [0.3, 0.4) is 0 Å². The van der Waals surface area contributed by atoms with Crippen molar-refractivity contribution < 1.29 is 4.74 Å². The zero-order chi connectivity index (χ0) is 20.8. The number of para-hydroxylation sites is 1. The van der Waals surface area contributed by atoms with Crippen molar-refractivity contribution >= 4 is 35.6 Å². The number of hydrogen-bond donors (Lipinski definition) is 2. The minimum atomic E-state index is 0. The molecule has 6 heteroatoms. The number of aliphatic imine (C=N–C) groups is 1. The van der Waals surface area contributed by atoms with Crippen LogP contribution in [0.2, 0.25) is 0 Å². The van der Waals surface area contributed by atoms with Crippen molar-refractivity contribution in [3.05, 3.63) is 65.7 Å². The Kier molecular flexibility index (Phi) is 8.60. The van der Waals surface area contributed by atoms with Crippen LogP contribution in [0, 0.1) is 6.92 Å². The number of anilines is 1. The summed E-state index contributed by atoms with van der Waals surface area (Å²) in [7, 11) is 1.86. The molecular weight excluding hydrogens is 499 g/mol. The van der Waals surface area contributed by atoms with Crippen molar-refractivity contribution in [1.82, 2.24) is 10.6 Å². The summed E-state index contributed by atoms with van der Waals surface area (Å²) in [6, 6.07) is 19.8. The van der Waals surface area contributed by atoms with E-state index in [9.17, 15) is 0 Å². The van der Waals surface area contributed by atoms with Crippen molar-refractivity contribution in [2.24, 2.45) is 4.99 Å². The highest BCUT2D eigenvalue weighted by Gasteiger charge is 2.36. The zero-order valence-corrected chi connectivity index (χ0v) is 21.0. The standard InChI is InChI=1S/C25H34N4O.HI/c1-20-8-6-7-11-23(20)25(13-16-30-17-14-25)19-27-24(26-2)28-21-12-15-29(18-21)22-9-4-3-5-10-22;/h3-11,21H,12-19H2,1-2H3,(H2,26,27,28);1H. The third-order valence-electron chi connectivity index (χ3n) is 6.63. The molecule has 0 amide bonds. The number of rotatable bonds is 5. The number of hydrogen-bond acceptors (Lipinski definition) is 3. The Morgan fingerprint density at radius 2 is 1.81 bits per heavy atom. The van der Waals surface area contributed by atoms with Crippen LogP contribution in [0.15, 0.2) is 59.6 Å². The van der Waals surface area contributed by atoms with E-state index in [1.807, 2.05) is 7.05 Å². The Balaban J connectivity index is 0.00000272. The second-order valence-corrected chi connectivity index (χ2v) is 8.54. The van der Waals surface area contributed by atoms with Gasteiger partial charge < -0.3 is 20.3 Å². The molecule has 2 aromatic carbocycles. The molecule has 5 nitrogen and oxygen atoms in total. The average Bonchev–Trinajstić information content (AvgIpc) is 3.27. The Hall–Kier alpha value is -1.80. The molecule has 2 heterocycles. The molecule has 0 bridgehead atoms. The van der Waals surface area contributed by atoms with Gasteiger partial charge in [-0.15, -0.1) is 24.0 Å². The first-order valence-corrected chi connectivity index (χ1v) is 11.1. The van der Waals surface area contributed by atoms with Gasteiger partial charge >= 0.3 is 0 Å². The summed E-state index contributed by atoms with van der Waals surface area (Å²) in [5.41, 5.74) is 4.18. The summed E-state index contributed by atoms with van der Waals surface area (Å²) >= 11 is 0. The van der Waals surface area contributed by atoms with Crippen LogP contribution in [0.1, 0.15) is 30.4 Å². The maximum Gasteiger partial charge on any atom is 0.191 e. The molecule has 0 radical (unpaired) electrons. The van der Waals surface area contributed by atoms with Crippen molar-refractivity contribution in [3.8, 4) is 0 Å². The van der Waals surface area contributed by atoms with E-state index in [0.717, 1.165) is 58.1 Å². The van der Waals surface area contributed by atoms with E-state index in [4.69, 9.17) is 4.74 Å². The average molecular weight is 534 g/mol. The van der Waals surface area contributed by atoms with Crippen molar-refractivity contribution in [1.29, 1.82) is 0 Å². The molecule has 0 spiro atoms. The van der Waals surface area contributed by atoms with E-state index in [-0.39, 0.29) is 29.4 Å². The second-order valence-electron chi connectivity index (χ2n) is 8.54. The minimum absolute atomic E-state index is 0. The SMILES string of the molecule is CN=C(NCC1(c2ccccc2C)CCOCC1)NC1CCN(c2ccccc2)C1.I. The van der Waals surface area contributed by atoms with E-state index in [1.165, 1.54) is 16.8 Å². The largest absolute Gasteiger partial charge is 0.381 e. The molecule has 168 valence electrons. The lowest BCUT2D eigenvalue weighted by Gasteiger charge is -2.39. The third kappa shape index (κ3) is 5.71. The van der Waals surface area contributed by atoms with E-state index >= 15 is 0 Å². The Bertz CT molecular complexity index is 852. The number of guanidine groups is 1. The van der Waals surface area contributed by atoms with E-state index < -0.39 is 0 Å². The van der Waals surface area contributed by atoms with Gasteiger partial charge in [-0.3, -0.25) is 4.99 Å². The van der Waals surface area contributed by atoms with E-state index in [0.29, 0.717) is 6.04 Å². The Labute approximate surface area is 203 Å². The number of ether oxygens (including phenoxy) is 1. The lowest BCUT2D eigenvalue weighted by atomic mass is 9.72. The van der Waals surface area contributed by atoms with Gasteiger partial charge in [0.15, 0.2) is 5.96 Å². The van der Waals surface area contributed by atoms with Crippen molar-refractivity contribution in [2.75, 3.05) is 44.8 Å². The number of aryl methyl sites for hydroxylation is 1. The highest BCUT2D eigenvalue weighted by molar-refractivity contribution is 14.0. The van der Waals surface area contributed by atoms with Crippen LogP contribution >= 0.6 is 24.0 Å². The van der Waals surface area contributed by atoms with Gasteiger partial charge in [-0.25, -0.2) is 0 Å². The highest BCUT2D eigenvalue weighted by atomic mass is 127. The number of nitrogens with one attached hydrogen (secondary N) is 2. The quantitative estimate of drug-likeness (QED) is 0.345. The molecule has 0 aliphatic carbocycles. The predicted octanol–water partition coefficient (Wildman–Crippen LogP) is 4.11. The number of halogens is 1. The summed E-state index contributed by atoms with van der Waals surface area (Å²) in [5, 5.41) is 7.31. The van der Waals surface area contributed by atoms with Crippen LogP contribution in [-0.4, -0.2) is 51.9 Å². The molecule has 31 heavy (non-hydrogen) atoms. The lowest BCUT2D eigenvalue weighted by Crippen LogP contribution is -2.50. The van der Waals surface area contributed by atoms with Gasteiger partial charge in [0.05, 0.1) is 0 Å². The first-order chi connectivity index (χ1) is 14.7. The fraction of sp³-hybridized carbons (Fsp3) is 0.480. The first kappa shape index (κ1) is 23.9.